The molecular formula is C23H41N5O. The van der Waals surface area contributed by atoms with Crippen molar-refractivity contribution in [1.29, 1.82) is 0 Å². The third-order valence-electron chi connectivity index (χ3n) is 5.20. The second-order valence-corrected chi connectivity index (χ2v) is 7.61. The van der Waals surface area contributed by atoms with Crippen molar-refractivity contribution in [3.63, 3.8) is 0 Å². The van der Waals surface area contributed by atoms with Crippen LogP contribution in [0.1, 0.15) is 38.7 Å². The molecule has 1 aromatic carbocycles. The highest BCUT2D eigenvalue weighted by atomic mass is 16.5. The Bertz CT molecular complexity index is 584. The zero-order valence-corrected chi connectivity index (χ0v) is 18.8. The molecule has 0 bridgehead atoms. The second-order valence-electron chi connectivity index (χ2n) is 7.61. The maximum Gasteiger partial charge on any atom is 0.191 e. The van der Waals surface area contributed by atoms with Crippen LogP contribution in [0.15, 0.2) is 29.3 Å². The molecule has 0 aliphatic carbocycles. The van der Waals surface area contributed by atoms with Crippen molar-refractivity contribution in [1.82, 2.24) is 15.5 Å². The summed E-state index contributed by atoms with van der Waals surface area (Å²) in [5.41, 5.74) is 2.71. The maximum atomic E-state index is 5.37. The number of hydrogen-bond acceptors (Lipinski definition) is 4. The minimum absolute atomic E-state index is 0.781. The van der Waals surface area contributed by atoms with Gasteiger partial charge in [0.15, 0.2) is 5.96 Å². The Morgan fingerprint density at radius 2 is 1.90 bits per heavy atom. The summed E-state index contributed by atoms with van der Waals surface area (Å²) in [7, 11) is 0. The first-order valence-electron chi connectivity index (χ1n) is 11.4. The molecule has 0 amide bonds. The monoisotopic (exact) mass is 403 g/mol. The van der Waals surface area contributed by atoms with Crippen LogP contribution < -0.4 is 15.5 Å². The van der Waals surface area contributed by atoms with Gasteiger partial charge in [0.2, 0.25) is 0 Å². The van der Waals surface area contributed by atoms with Gasteiger partial charge in [-0.05, 0) is 64.3 Å². The summed E-state index contributed by atoms with van der Waals surface area (Å²) in [6.07, 6.45) is 3.36. The highest BCUT2D eigenvalue weighted by Gasteiger charge is 2.16. The van der Waals surface area contributed by atoms with Crippen LogP contribution in [0.2, 0.25) is 0 Å². The molecule has 6 nitrogen and oxygen atoms in total. The number of unbranched alkanes of at least 4 members (excludes halogenated alkanes) is 1. The van der Waals surface area contributed by atoms with E-state index in [1.807, 2.05) is 6.92 Å². The Hall–Kier alpha value is -1.79. The SMILES string of the molecule is CCNC(=NCCCOCC)NCCCCN1CCN(c2cccc(C)c2)CC1. The number of anilines is 1. The fourth-order valence-electron chi connectivity index (χ4n) is 3.57. The van der Waals surface area contributed by atoms with Crippen molar-refractivity contribution in [2.75, 3.05) is 70.5 Å². The summed E-state index contributed by atoms with van der Waals surface area (Å²) in [5, 5.41) is 6.77. The first-order valence-corrected chi connectivity index (χ1v) is 11.4. The minimum atomic E-state index is 0.781. The molecule has 0 spiro atoms. The van der Waals surface area contributed by atoms with Gasteiger partial charge in [-0.25, -0.2) is 0 Å². The van der Waals surface area contributed by atoms with E-state index in [2.05, 4.69) is 63.5 Å². The number of ether oxygens (including phenoxy) is 1. The van der Waals surface area contributed by atoms with Crippen LogP contribution in [-0.4, -0.2) is 76.4 Å². The molecule has 1 fully saturated rings. The van der Waals surface area contributed by atoms with Gasteiger partial charge in [0, 0.05) is 64.7 Å². The molecule has 1 aliphatic heterocycles. The predicted molar refractivity (Wildman–Crippen MR) is 124 cm³/mol. The molecule has 0 atom stereocenters. The Labute approximate surface area is 177 Å². The average Bonchev–Trinajstić information content (AvgIpc) is 2.73. The van der Waals surface area contributed by atoms with Crippen molar-refractivity contribution in [2.45, 2.75) is 40.0 Å². The number of piperazine rings is 1. The van der Waals surface area contributed by atoms with E-state index in [-0.39, 0.29) is 0 Å². The van der Waals surface area contributed by atoms with Gasteiger partial charge in [-0.3, -0.25) is 9.89 Å². The molecular weight excluding hydrogens is 362 g/mol. The van der Waals surface area contributed by atoms with Crippen molar-refractivity contribution >= 4 is 11.6 Å². The van der Waals surface area contributed by atoms with Crippen LogP contribution in [0.5, 0.6) is 0 Å². The Morgan fingerprint density at radius 1 is 1.07 bits per heavy atom. The number of aryl methyl sites for hydroxylation is 1. The lowest BCUT2D eigenvalue weighted by Gasteiger charge is -2.36. The molecule has 1 heterocycles. The van der Waals surface area contributed by atoms with Crippen LogP contribution in [0.4, 0.5) is 5.69 Å². The van der Waals surface area contributed by atoms with E-state index in [1.54, 1.807) is 0 Å². The highest BCUT2D eigenvalue weighted by molar-refractivity contribution is 5.79. The lowest BCUT2D eigenvalue weighted by atomic mass is 10.2. The Balaban J connectivity index is 1.57. The summed E-state index contributed by atoms with van der Waals surface area (Å²) in [5.74, 6) is 0.927. The summed E-state index contributed by atoms with van der Waals surface area (Å²) in [4.78, 5) is 9.72. The summed E-state index contributed by atoms with van der Waals surface area (Å²) >= 11 is 0. The summed E-state index contributed by atoms with van der Waals surface area (Å²) in [6, 6.07) is 8.85. The molecule has 0 radical (unpaired) electrons. The zero-order chi connectivity index (χ0) is 20.7. The summed E-state index contributed by atoms with van der Waals surface area (Å²) in [6.45, 7) is 16.3. The topological polar surface area (TPSA) is 52.1 Å². The molecule has 0 aromatic heterocycles. The third-order valence-corrected chi connectivity index (χ3v) is 5.20. The first-order chi connectivity index (χ1) is 14.2. The van der Waals surface area contributed by atoms with Crippen molar-refractivity contribution in [2.24, 2.45) is 4.99 Å². The predicted octanol–water partition coefficient (Wildman–Crippen LogP) is 2.88. The zero-order valence-electron chi connectivity index (χ0n) is 18.8. The van der Waals surface area contributed by atoms with Crippen LogP contribution >= 0.6 is 0 Å². The van der Waals surface area contributed by atoms with E-state index in [0.29, 0.717) is 0 Å². The average molecular weight is 404 g/mol. The lowest BCUT2D eigenvalue weighted by molar-refractivity contribution is 0.146. The van der Waals surface area contributed by atoms with Crippen LogP contribution in [0, 0.1) is 6.92 Å². The smallest absolute Gasteiger partial charge is 0.191 e. The van der Waals surface area contributed by atoms with E-state index >= 15 is 0 Å². The molecule has 6 heteroatoms. The van der Waals surface area contributed by atoms with Gasteiger partial charge in [-0.1, -0.05) is 12.1 Å². The number of hydrogen-bond donors (Lipinski definition) is 2. The van der Waals surface area contributed by atoms with E-state index in [4.69, 9.17) is 4.74 Å². The number of aliphatic imine (C=N–C) groups is 1. The van der Waals surface area contributed by atoms with Gasteiger partial charge in [-0.2, -0.15) is 0 Å². The largest absolute Gasteiger partial charge is 0.382 e. The van der Waals surface area contributed by atoms with Gasteiger partial charge in [0.1, 0.15) is 0 Å². The van der Waals surface area contributed by atoms with Crippen molar-refractivity contribution in [3.05, 3.63) is 29.8 Å². The molecule has 2 rings (SSSR count). The Kier molecular flexibility index (Phi) is 11.5. The van der Waals surface area contributed by atoms with E-state index in [1.165, 1.54) is 30.6 Å². The van der Waals surface area contributed by atoms with E-state index in [0.717, 1.165) is 71.4 Å². The molecule has 1 aliphatic rings. The molecule has 164 valence electrons. The number of guanidine groups is 1. The quantitative estimate of drug-likeness (QED) is 0.319. The highest BCUT2D eigenvalue weighted by Crippen LogP contribution is 2.17. The molecule has 1 aromatic rings. The van der Waals surface area contributed by atoms with Gasteiger partial charge in [-0.15, -0.1) is 0 Å². The van der Waals surface area contributed by atoms with Gasteiger partial charge in [0.25, 0.3) is 0 Å². The van der Waals surface area contributed by atoms with Crippen molar-refractivity contribution < 1.29 is 4.74 Å². The van der Waals surface area contributed by atoms with Crippen molar-refractivity contribution in [3.8, 4) is 0 Å². The maximum absolute atomic E-state index is 5.37. The number of benzene rings is 1. The molecule has 1 saturated heterocycles. The first kappa shape index (κ1) is 23.5. The van der Waals surface area contributed by atoms with E-state index < -0.39 is 0 Å². The van der Waals surface area contributed by atoms with Gasteiger partial charge in [0.05, 0.1) is 0 Å². The van der Waals surface area contributed by atoms with Crippen LogP contribution in [-0.2, 0) is 4.74 Å². The van der Waals surface area contributed by atoms with Crippen LogP contribution in [0.25, 0.3) is 0 Å². The number of nitrogens with zero attached hydrogens (tertiary/aromatic N) is 3. The fourth-order valence-corrected chi connectivity index (χ4v) is 3.57. The fraction of sp³-hybridized carbons (Fsp3) is 0.696. The molecule has 0 saturated carbocycles. The standard InChI is InChI=1S/C23H41N5O/c1-4-24-23(26-13-9-19-29-5-2)25-12-6-7-14-27-15-17-28(18-16-27)22-11-8-10-21(3)20-22/h8,10-11,20H,4-7,9,12-19H2,1-3H3,(H2,24,25,26). The van der Waals surface area contributed by atoms with Gasteiger partial charge < -0.3 is 20.3 Å². The van der Waals surface area contributed by atoms with Gasteiger partial charge >= 0.3 is 0 Å². The molecule has 2 N–H and O–H groups in total. The lowest BCUT2D eigenvalue weighted by Crippen LogP contribution is -2.46. The molecule has 29 heavy (non-hydrogen) atoms. The third kappa shape index (κ3) is 9.50. The second kappa shape index (κ2) is 14.2. The normalized spacial score (nSPS) is 15.6. The minimum Gasteiger partial charge on any atom is -0.382 e. The summed E-state index contributed by atoms with van der Waals surface area (Å²) < 4.78 is 5.37. The van der Waals surface area contributed by atoms with Crippen LogP contribution in [0.3, 0.4) is 0 Å². The Morgan fingerprint density at radius 3 is 2.62 bits per heavy atom. The van der Waals surface area contributed by atoms with E-state index in [9.17, 15) is 0 Å². The number of rotatable bonds is 12. The molecule has 0 unspecified atom stereocenters. The number of nitrogens with one attached hydrogen (secondary N) is 2.